The summed E-state index contributed by atoms with van der Waals surface area (Å²) in [6.45, 7) is 4.30. The van der Waals surface area contributed by atoms with Crippen LogP contribution < -0.4 is 10.6 Å². The maximum atomic E-state index is 3.54. The molecule has 1 aliphatic rings. The van der Waals surface area contributed by atoms with Crippen molar-refractivity contribution in [3.05, 3.63) is 28.2 Å². The van der Waals surface area contributed by atoms with Crippen LogP contribution in [-0.2, 0) is 0 Å². The Kier molecular flexibility index (Phi) is 3.65. The van der Waals surface area contributed by atoms with E-state index in [2.05, 4.69) is 51.7 Å². The number of hydrogen-bond donors (Lipinski definition) is 2. The van der Waals surface area contributed by atoms with Crippen LogP contribution in [0.15, 0.2) is 22.7 Å². The van der Waals surface area contributed by atoms with Crippen molar-refractivity contribution in [1.29, 1.82) is 0 Å². The summed E-state index contributed by atoms with van der Waals surface area (Å²) in [5.41, 5.74) is 2.47. The van der Waals surface area contributed by atoms with Crippen molar-refractivity contribution in [1.82, 2.24) is 5.32 Å². The van der Waals surface area contributed by atoms with Gasteiger partial charge in [0, 0.05) is 22.7 Å². The van der Waals surface area contributed by atoms with E-state index in [9.17, 15) is 0 Å². The number of hydrogen-bond acceptors (Lipinski definition) is 2. The highest BCUT2D eigenvalue weighted by molar-refractivity contribution is 9.10. The fourth-order valence-electron chi connectivity index (χ4n) is 1.87. The average Bonchev–Trinajstić information content (AvgIpc) is 2.73. The van der Waals surface area contributed by atoms with Gasteiger partial charge in [0.1, 0.15) is 0 Å². The molecule has 3 heteroatoms. The molecule has 1 fully saturated rings. The van der Waals surface area contributed by atoms with E-state index in [0.29, 0.717) is 6.04 Å². The molecule has 0 aliphatic carbocycles. The summed E-state index contributed by atoms with van der Waals surface area (Å²) in [5.74, 6) is 0. The Bertz CT molecular complexity index is 332. The van der Waals surface area contributed by atoms with E-state index in [0.717, 1.165) is 6.54 Å². The summed E-state index contributed by atoms with van der Waals surface area (Å²) in [7, 11) is 0. The van der Waals surface area contributed by atoms with Gasteiger partial charge in [-0.15, -0.1) is 0 Å². The molecule has 1 aromatic carbocycles. The molecule has 1 aromatic rings. The van der Waals surface area contributed by atoms with Gasteiger partial charge in [0.2, 0.25) is 0 Å². The fourth-order valence-corrected chi connectivity index (χ4v) is 2.25. The van der Waals surface area contributed by atoms with E-state index in [-0.39, 0.29) is 0 Å². The van der Waals surface area contributed by atoms with Crippen LogP contribution in [0, 0.1) is 6.92 Å². The van der Waals surface area contributed by atoms with Crippen LogP contribution in [0.2, 0.25) is 0 Å². The summed E-state index contributed by atoms with van der Waals surface area (Å²) in [4.78, 5) is 0. The fraction of sp³-hybridized carbons (Fsp3) is 0.500. The minimum absolute atomic E-state index is 0.644. The highest BCUT2D eigenvalue weighted by atomic mass is 79.9. The van der Waals surface area contributed by atoms with E-state index in [1.165, 1.54) is 35.1 Å². The summed E-state index contributed by atoms with van der Waals surface area (Å²) >= 11 is 3.54. The third-order valence-electron chi connectivity index (χ3n) is 2.89. The first-order valence-electron chi connectivity index (χ1n) is 5.49. The summed E-state index contributed by atoms with van der Waals surface area (Å²) < 4.78 is 1.17. The zero-order valence-electron chi connectivity index (χ0n) is 9.02. The minimum Gasteiger partial charge on any atom is -0.383 e. The van der Waals surface area contributed by atoms with Gasteiger partial charge in [0.05, 0.1) is 0 Å². The Hall–Kier alpha value is -0.540. The van der Waals surface area contributed by atoms with Crippen molar-refractivity contribution in [2.24, 2.45) is 0 Å². The van der Waals surface area contributed by atoms with Crippen LogP contribution in [0.4, 0.5) is 5.69 Å². The Balaban J connectivity index is 1.90. The third kappa shape index (κ3) is 2.95. The standard InChI is InChI=1S/C12H17BrN2/c1-9-4-5-10(7-12(9)13)15-8-11-3-2-6-14-11/h4-5,7,11,14-15H,2-3,6,8H2,1H3. The van der Waals surface area contributed by atoms with Gasteiger partial charge < -0.3 is 10.6 Å². The molecular weight excluding hydrogens is 252 g/mol. The lowest BCUT2D eigenvalue weighted by atomic mass is 10.2. The van der Waals surface area contributed by atoms with E-state index < -0.39 is 0 Å². The lowest BCUT2D eigenvalue weighted by Crippen LogP contribution is -2.29. The van der Waals surface area contributed by atoms with Crippen molar-refractivity contribution in [3.8, 4) is 0 Å². The van der Waals surface area contributed by atoms with Gasteiger partial charge in [-0.1, -0.05) is 22.0 Å². The second-order valence-electron chi connectivity index (χ2n) is 4.14. The number of rotatable bonds is 3. The zero-order chi connectivity index (χ0) is 10.7. The highest BCUT2D eigenvalue weighted by Gasteiger charge is 2.12. The molecule has 0 amide bonds. The Morgan fingerprint density at radius 3 is 3.07 bits per heavy atom. The molecule has 0 radical (unpaired) electrons. The first-order chi connectivity index (χ1) is 7.25. The van der Waals surface area contributed by atoms with Gasteiger partial charge in [-0.3, -0.25) is 0 Å². The Morgan fingerprint density at radius 1 is 1.53 bits per heavy atom. The average molecular weight is 269 g/mol. The number of benzene rings is 1. The molecule has 1 heterocycles. The molecule has 1 atom stereocenters. The number of anilines is 1. The quantitative estimate of drug-likeness (QED) is 0.881. The topological polar surface area (TPSA) is 24.1 Å². The molecule has 2 nitrogen and oxygen atoms in total. The third-order valence-corrected chi connectivity index (χ3v) is 3.74. The lowest BCUT2D eigenvalue weighted by Gasteiger charge is -2.13. The predicted octanol–water partition coefficient (Wildman–Crippen LogP) is 2.92. The molecule has 0 aromatic heterocycles. The molecule has 1 saturated heterocycles. The van der Waals surface area contributed by atoms with Crippen molar-refractivity contribution in [3.63, 3.8) is 0 Å². The van der Waals surface area contributed by atoms with E-state index in [1.54, 1.807) is 0 Å². The lowest BCUT2D eigenvalue weighted by molar-refractivity contribution is 0.633. The second-order valence-corrected chi connectivity index (χ2v) is 4.99. The van der Waals surface area contributed by atoms with Crippen LogP contribution >= 0.6 is 15.9 Å². The van der Waals surface area contributed by atoms with E-state index in [4.69, 9.17) is 0 Å². The van der Waals surface area contributed by atoms with Crippen LogP contribution in [0.1, 0.15) is 18.4 Å². The maximum Gasteiger partial charge on any atom is 0.0352 e. The van der Waals surface area contributed by atoms with Crippen molar-refractivity contribution in [2.45, 2.75) is 25.8 Å². The molecule has 2 N–H and O–H groups in total. The molecular formula is C12H17BrN2. The number of aryl methyl sites for hydroxylation is 1. The molecule has 1 aliphatic heterocycles. The monoisotopic (exact) mass is 268 g/mol. The van der Waals surface area contributed by atoms with Gasteiger partial charge >= 0.3 is 0 Å². The van der Waals surface area contributed by atoms with Crippen molar-refractivity contribution < 1.29 is 0 Å². The first-order valence-corrected chi connectivity index (χ1v) is 6.28. The van der Waals surface area contributed by atoms with Gasteiger partial charge in [-0.05, 0) is 44.0 Å². The van der Waals surface area contributed by atoms with Crippen LogP contribution in [0.5, 0.6) is 0 Å². The van der Waals surface area contributed by atoms with Gasteiger partial charge in [-0.25, -0.2) is 0 Å². The second kappa shape index (κ2) is 4.99. The molecule has 0 saturated carbocycles. The molecule has 82 valence electrons. The maximum absolute atomic E-state index is 3.54. The van der Waals surface area contributed by atoms with Crippen LogP contribution in [0.3, 0.4) is 0 Å². The number of halogens is 1. The first kappa shape index (κ1) is 11.0. The largest absolute Gasteiger partial charge is 0.383 e. The summed E-state index contributed by atoms with van der Waals surface area (Å²) in [5, 5.41) is 6.94. The zero-order valence-corrected chi connectivity index (χ0v) is 10.6. The Morgan fingerprint density at radius 2 is 2.40 bits per heavy atom. The Labute approximate surface area is 99.6 Å². The molecule has 15 heavy (non-hydrogen) atoms. The highest BCUT2D eigenvalue weighted by Crippen LogP contribution is 2.20. The van der Waals surface area contributed by atoms with Crippen LogP contribution in [0.25, 0.3) is 0 Å². The minimum atomic E-state index is 0.644. The van der Waals surface area contributed by atoms with E-state index in [1.807, 2.05) is 0 Å². The van der Waals surface area contributed by atoms with Crippen LogP contribution in [-0.4, -0.2) is 19.1 Å². The summed E-state index contributed by atoms with van der Waals surface area (Å²) in [6, 6.07) is 7.05. The SMILES string of the molecule is Cc1ccc(NCC2CCCN2)cc1Br. The number of nitrogens with one attached hydrogen (secondary N) is 2. The normalized spacial score (nSPS) is 20.5. The van der Waals surface area contributed by atoms with E-state index >= 15 is 0 Å². The van der Waals surface area contributed by atoms with Gasteiger partial charge in [0.15, 0.2) is 0 Å². The molecule has 2 rings (SSSR count). The summed E-state index contributed by atoms with van der Waals surface area (Å²) in [6.07, 6.45) is 2.60. The predicted molar refractivity (Wildman–Crippen MR) is 68.4 cm³/mol. The molecule has 0 bridgehead atoms. The van der Waals surface area contributed by atoms with Crippen molar-refractivity contribution in [2.75, 3.05) is 18.4 Å². The van der Waals surface area contributed by atoms with Gasteiger partial charge in [-0.2, -0.15) is 0 Å². The molecule has 0 spiro atoms. The molecule has 1 unspecified atom stereocenters. The smallest absolute Gasteiger partial charge is 0.0352 e. The van der Waals surface area contributed by atoms with Crippen molar-refractivity contribution >= 4 is 21.6 Å². The van der Waals surface area contributed by atoms with Gasteiger partial charge in [0.25, 0.3) is 0 Å².